The van der Waals surface area contributed by atoms with Crippen molar-refractivity contribution in [1.29, 1.82) is 0 Å². The fourth-order valence-corrected chi connectivity index (χ4v) is 3.11. The van der Waals surface area contributed by atoms with E-state index < -0.39 is 5.41 Å². The number of aromatic nitrogens is 1. The molecule has 0 aromatic carbocycles. The molecular weight excluding hydrogens is 302 g/mol. The first kappa shape index (κ1) is 18.4. The van der Waals surface area contributed by atoms with Crippen LogP contribution in [0.2, 0.25) is 0 Å². The lowest BCUT2D eigenvalue weighted by Gasteiger charge is -2.37. The van der Waals surface area contributed by atoms with Crippen LogP contribution in [0.25, 0.3) is 0 Å². The van der Waals surface area contributed by atoms with E-state index >= 15 is 0 Å². The zero-order valence-corrected chi connectivity index (χ0v) is 15.3. The summed E-state index contributed by atoms with van der Waals surface area (Å²) in [6.45, 7) is 7.80. The number of piperidine rings is 1. The molecule has 0 aliphatic carbocycles. The molecule has 0 spiro atoms. The lowest BCUT2D eigenvalue weighted by molar-refractivity contribution is -0.144. The topological polar surface area (TPSA) is 53.5 Å². The van der Waals surface area contributed by atoms with Gasteiger partial charge < -0.3 is 9.80 Å². The monoisotopic (exact) mass is 331 g/mol. The zero-order valence-electron chi connectivity index (χ0n) is 15.3. The second kappa shape index (κ2) is 7.77. The van der Waals surface area contributed by atoms with Crippen molar-refractivity contribution in [3.63, 3.8) is 0 Å². The summed E-state index contributed by atoms with van der Waals surface area (Å²) in [4.78, 5) is 32.8. The third-order valence-electron chi connectivity index (χ3n) is 4.56. The molecule has 1 saturated heterocycles. The maximum Gasteiger partial charge on any atom is 0.227 e. The Morgan fingerprint density at radius 1 is 1.29 bits per heavy atom. The Bertz CT molecular complexity index is 566. The molecular formula is C19H29N3O2. The highest BCUT2D eigenvalue weighted by Gasteiger charge is 2.34. The van der Waals surface area contributed by atoms with Crippen molar-refractivity contribution in [3.05, 3.63) is 30.1 Å². The van der Waals surface area contributed by atoms with Gasteiger partial charge in [0.05, 0.1) is 5.92 Å². The Balaban J connectivity index is 1.90. The lowest BCUT2D eigenvalue weighted by atomic mass is 9.90. The van der Waals surface area contributed by atoms with Crippen LogP contribution in [-0.4, -0.2) is 53.3 Å². The van der Waals surface area contributed by atoms with Gasteiger partial charge in [0.25, 0.3) is 0 Å². The first-order chi connectivity index (χ1) is 11.3. The predicted octanol–water partition coefficient (Wildman–Crippen LogP) is 2.37. The summed E-state index contributed by atoms with van der Waals surface area (Å²) in [5, 5.41) is 0. The lowest BCUT2D eigenvalue weighted by Crippen LogP contribution is -2.49. The molecule has 2 rings (SSSR count). The van der Waals surface area contributed by atoms with Crippen LogP contribution >= 0.6 is 0 Å². The fourth-order valence-electron chi connectivity index (χ4n) is 3.11. The minimum Gasteiger partial charge on any atom is -0.345 e. The van der Waals surface area contributed by atoms with Crippen LogP contribution in [0.15, 0.2) is 24.5 Å². The second-order valence-corrected chi connectivity index (χ2v) is 7.71. The number of hydrogen-bond donors (Lipinski definition) is 0. The predicted molar refractivity (Wildman–Crippen MR) is 94.3 cm³/mol. The van der Waals surface area contributed by atoms with Crippen molar-refractivity contribution in [1.82, 2.24) is 14.8 Å². The number of likely N-dealkylation sites (N-methyl/N-ethyl adjacent to an activating group) is 1. The molecule has 5 nitrogen and oxygen atoms in total. The highest BCUT2D eigenvalue weighted by atomic mass is 16.2. The van der Waals surface area contributed by atoms with Crippen molar-refractivity contribution in [2.75, 3.05) is 26.7 Å². The van der Waals surface area contributed by atoms with Gasteiger partial charge in [0.1, 0.15) is 0 Å². The van der Waals surface area contributed by atoms with Crippen LogP contribution in [0.5, 0.6) is 0 Å². The van der Waals surface area contributed by atoms with Gasteiger partial charge in [-0.05, 0) is 37.0 Å². The average Bonchev–Trinajstić information content (AvgIpc) is 2.58. The van der Waals surface area contributed by atoms with E-state index in [1.807, 2.05) is 44.9 Å². The van der Waals surface area contributed by atoms with Gasteiger partial charge in [0, 0.05) is 44.5 Å². The van der Waals surface area contributed by atoms with Crippen LogP contribution in [0.3, 0.4) is 0 Å². The highest BCUT2D eigenvalue weighted by molar-refractivity contribution is 5.83. The Kier molecular flexibility index (Phi) is 5.97. The molecule has 24 heavy (non-hydrogen) atoms. The summed E-state index contributed by atoms with van der Waals surface area (Å²) in [5.41, 5.74) is 0.788. The Labute approximate surface area is 145 Å². The number of carbonyl (C=O) groups is 2. The normalized spacial score (nSPS) is 18.3. The van der Waals surface area contributed by atoms with E-state index in [1.54, 1.807) is 17.3 Å². The first-order valence-corrected chi connectivity index (χ1v) is 8.72. The molecule has 2 heterocycles. The Morgan fingerprint density at radius 3 is 2.58 bits per heavy atom. The van der Waals surface area contributed by atoms with Crippen molar-refractivity contribution in [3.8, 4) is 0 Å². The van der Waals surface area contributed by atoms with Crippen molar-refractivity contribution < 1.29 is 9.59 Å². The number of nitrogens with zero attached hydrogens (tertiary/aromatic N) is 3. The van der Waals surface area contributed by atoms with Crippen molar-refractivity contribution in [2.24, 2.45) is 11.3 Å². The first-order valence-electron chi connectivity index (χ1n) is 8.72. The summed E-state index contributed by atoms with van der Waals surface area (Å²) >= 11 is 0. The number of rotatable bonds is 4. The van der Waals surface area contributed by atoms with Crippen molar-refractivity contribution in [2.45, 2.75) is 40.0 Å². The van der Waals surface area contributed by atoms with Gasteiger partial charge in [-0.2, -0.15) is 0 Å². The van der Waals surface area contributed by atoms with E-state index in [0.717, 1.165) is 25.8 Å². The highest BCUT2D eigenvalue weighted by Crippen LogP contribution is 2.24. The van der Waals surface area contributed by atoms with E-state index in [9.17, 15) is 9.59 Å². The molecule has 1 aliphatic heterocycles. The van der Waals surface area contributed by atoms with Gasteiger partial charge in [0.2, 0.25) is 11.8 Å². The van der Waals surface area contributed by atoms with Gasteiger partial charge in [-0.3, -0.25) is 14.6 Å². The maximum atomic E-state index is 12.7. The summed E-state index contributed by atoms with van der Waals surface area (Å²) in [7, 11) is 1.86. The van der Waals surface area contributed by atoms with E-state index in [0.29, 0.717) is 13.1 Å². The minimum atomic E-state index is -0.391. The molecule has 2 amide bonds. The molecule has 132 valence electrons. The van der Waals surface area contributed by atoms with Crippen LogP contribution in [0, 0.1) is 11.3 Å². The molecule has 1 atom stereocenters. The third-order valence-corrected chi connectivity index (χ3v) is 4.56. The van der Waals surface area contributed by atoms with Crippen LogP contribution in [-0.2, 0) is 16.0 Å². The van der Waals surface area contributed by atoms with E-state index in [1.165, 1.54) is 5.56 Å². The van der Waals surface area contributed by atoms with E-state index in [4.69, 9.17) is 0 Å². The standard InChI is InChI=1S/C19H29N3O2/c1-19(2,3)18(24)22-12-5-6-16(14-22)17(23)21(4)13-9-15-7-10-20-11-8-15/h7-8,10-11,16H,5-6,9,12-14H2,1-4H3. The van der Waals surface area contributed by atoms with Crippen LogP contribution in [0.4, 0.5) is 0 Å². The quantitative estimate of drug-likeness (QED) is 0.851. The van der Waals surface area contributed by atoms with E-state index in [-0.39, 0.29) is 17.7 Å². The molecule has 0 saturated carbocycles. The van der Waals surface area contributed by atoms with Gasteiger partial charge in [-0.25, -0.2) is 0 Å². The number of carbonyl (C=O) groups excluding carboxylic acids is 2. The molecule has 1 fully saturated rings. The minimum absolute atomic E-state index is 0.0764. The SMILES string of the molecule is CN(CCc1ccncc1)C(=O)C1CCCN(C(=O)C(C)(C)C)C1. The summed E-state index contributed by atoms with van der Waals surface area (Å²) in [6, 6.07) is 3.95. The molecule has 0 bridgehead atoms. The zero-order chi connectivity index (χ0) is 17.7. The largest absolute Gasteiger partial charge is 0.345 e. The van der Waals surface area contributed by atoms with Gasteiger partial charge in [-0.15, -0.1) is 0 Å². The van der Waals surface area contributed by atoms with Gasteiger partial charge >= 0.3 is 0 Å². The van der Waals surface area contributed by atoms with Crippen LogP contribution < -0.4 is 0 Å². The number of hydrogen-bond acceptors (Lipinski definition) is 3. The second-order valence-electron chi connectivity index (χ2n) is 7.71. The molecule has 5 heteroatoms. The maximum absolute atomic E-state index is 12.7. The molecule has 1 aromatic heterocycles. The number of likely N-dealkylation sites (tertiary alicyclic amines) is 1. The molecule has 0 radical (unpaired) electrons. The Hall–Kier alpha value is -1.91. The van der Waals surface area contributed by atoms with E-state index in [2.05, 4.69) is 4.98 Å². The molecule has 1 unspecified atom stereocenters. The molecule has 1 aliphatic rings. The van der Waals surface area contributed by atoms with Crippen LogP contribution in [0.1, 0.15) is 39.2 Å². The van der Waals surface area contributed by atoms with Gasteiger partial charge in [-0.1, -0.05) is 20.8 Å². The smallest absolute Gasteiger partial charge is 0.227 e. The Morgan fingerprint density at radius 2 is 1.96 bits per heavy atom. The molecule has 1 aromatic rings. The summed E-state index contributed by atoms with van der Waals surface area (Å²) in [5.74, 6) is 0.211. The van der Waals surface area contributed by atoms with Gasteiger partial charge in [0.15, 0.2) is 0 Å². The number of pyridine rings is 1. The molecule has 0 N–H and O–H groups in total. The summed E-state index contributed by atoms with van der Waals surface area (Å²) < 4.78 is 0. The average molecular weight is 331 g/mol. The number of amides is 2. The fraction of sp³-hybridized carbons (Fsp3) is 0.632. The van der Waals surface area contributed by atoms with Crippen molar-refractivity contribution >= 4 is 11.8 Å². The third kappa shape index (κ3) is 4.79. The summed E-state index contributed by atoms with van der Waals surface area (Å²) in [6.07, 6.45) is 6.13.